The molecule has 2 rings (SSSR count). The third-order valence-corrected chi connectivity index (χ3v) is 2.49. The summed E-state index contributed by atoms with van der Waals surface area (Å²) in [5.74, 6) is -0.917. The van der Waals surface area contributed by atoms with Crippen LogP contribution in [-0.4, -0.2) is 33.9 Å². The lowest BCUT2D eigenvalue weighted by molar-refractivity contribution is 0.0696. The van der Waals surface area contributed by atoms with E-state index in [-0.39, 0.29) is 5.56 Å². The molecule has 0 aliphatic carbocycles. The van der Waals surface area contributed by atoms with Crippen LogP contribution in [0.15, 0.2) is 12.4 Å². The maximum atomic E-state index is 10.6. The van der Waals surface area contributed by atoms with Crippen molar-refractivity contribution in [2.75, 3.05) is 13.1 Å². The van der Waals surface area contributed by atoms with E-state index in [4.69, 9.17) is 5.11 Å². The molecule has 0 saturated carbocycles. The summed E-state index contributed by atoms with van der Waals surface area (Å²) in [5, 5.41) is 16.0. The van der Waals surface area contributed by atoms with Crippen molar-refractivity contribution in [2.24, 2.45) is 0 Å². The van der Waals surface area contributed by atoms with Crippen LogP contribution in [0.4, 0.5) is 0 Å². The minimum atomic E-state index is -0.917. The van der Waals surface area contributed by atoms with Gasteiger partial charge in [0, 0.05) is 12.7 Å². The lowest BCUT2D eigenvalue weighted by Crippen LogP contribution is -2.31. The van der Waals surface area contributed by atoms with Crippen molar-refractivity contribution in [3.8, 4) is 0 Å². The smallest absolute Gasteiger partial charge is 0.338 e. The Morgan fingerprint density at radius 1 is 1.71 bits per heavy atom. The first-order valence-electron chi connectivity index (χ1n) is 4.75. The van der Waals surface area contributed by atoms with Crippen LogP contribution in [0.5, 0.6) is 0 Å². The number of carboxylic acids is 1. The Bertz CT molecular complexity index is 329. The number of nitrogens with one attached hydrogen (secondary N) is 1. The summed E-state index contributed by atoms with van der Waals surface area (Å²) in [6.45, 7) is 1.92. The molecule has 5 nitrogen and oxygen atoms in total. The number of aromatic carboxylic acids is 1. The van der Waals surface area contributed by atoms with E-state index in [0.29, 0.717) is 6.04 Å². The van der Waals surface area contributed by atoms with Crippen LogP contribution in [0.2, 0.25) is 0 Å². The second-order valence-electron chi connectivity index (χ2n) is 3.51. The molecular formula is C9H13N3O2. The van der Waals surface area contributed by atoms with E-state index in [1.165, 1.54) is 6.20 Å². The average molecular weight is 195 g/mol. The molecule has 2 N–H and O–H groups in total. The Balaban J connectivity index is 2.11. The first-order valence-corrected chi connectivity index (χ1v) is 4.75. The van der Waals surface area contributed by atoms with Gasteiger partial charge in [-0.2, -0.15) is 5.10 Å². The molecule has 1 fully saturated rings. The summed E-state index contributed by atoms with van der Waals surface area (Å²) in [7, 11) is 0. The predicted octanol–water partition coefficient (Wildman–Crippen LogP) is 0.506. The number of rotatable bonds is 2. The normalized spacial score (nSPS) is 22.1. The number of piperidine rings is 1. The number of carbonyl (C=O) groups is 1. The molecule has 1 aliphatic heterocycles. The van der Waals surface area contributed by atoms with Crippen molar-refractivity contribution in [1.82, 2.24) is 15.1 Å². The van der Waals surface area contributed by atoms with Gasteiger partial charge in [0.1, 0.15) is 0 Å². The highest BCUT2D eigenvalue weighted by molar-refractivity contribution is 5.86. The maximum absolute atomic E-state index is 10.6. The third-order valence-electron chi connectivity index (χ3n) is 2.49. The molecule has 1 aliphatic rings. The molecule has 0 spiro atoms. The fourth-order valence-corrected chi connectivity index (χ4v) is 1.71. The highest BCUT2D eigenvalue weighted by atomic mass is 16.4. The van der Waals surface area contributed by atoms with E-state index >= 15 is 0 Å². The van der Waals surface area contributed by atoms with E-state index < -0.39 is 5.97 Å². The van der Waals surface area contributed by atoms with Gasteiger partial charge < -0.3 is 10.4 Å². The van der Waals surface area contributed by atoms with E-state index in [9.17, 15) is 4.79 Å². The largest absolute Gasteiger partial charge is 0.478 e. The SMILES string of the molecule is O=C(O)c1cnn([C@@H]2CCCNC2)c1. The van der Waals surface area contributed by atoms with Gasteiger partial charge in [0.15, 0.2) is 0 Å². The number of hydrogen-bond acceptors (Lipinski definition) is 3. The molecule has 14 heavy (non-hydrogen) atoms. The molecule has 0 radical (unpaired) electrons. The lowest BCUT2D eigenvalue weighted by Gasteiger charge is -2.22. The van der Waals surface area contributed by atoms with E-state index in [1.807, 2.05) is 0 Å². The summed E-state index contributed by atoms with van der Waals surface area (Å²) < 4.78 is 1.75. The van der Waals surface area contributed by atoms with Gasteiger partial charge in [-0.1, -0.05) is 0 Å². The van der Waals surface area contributed by atoms with E-state index in [0.717, 1.165) is 25.9 Å². The molecular weight excluding hydrogens is 182 g/mol. The highest BCUT2D eigenvalue weighted by Gasteiger charge is 2.16. The Morgan fingerprint density at radius 3 is 3.14 bits per heavy atom. The van der Waals surface area contributed by atoms with Gasteiger partial charge in [-0.3, -0.25) is 4.68 Å². The van der Waals surface area contributed by atoms with Crippen LogP contribution in [0.25, 0.3) is 0 Å². The zero-order chi connectivity index (χ0) is 9.97. The minimum absolute atomic E-state index is 0.260. The molecule has 1 atom stereocenters. The van der Waals surface area contributed by atoms with Crippen molar-refractivity contribution in [3.05, 3.63) is 18.0 Å². The number of nitrogens with zero attached hydrogens (tertiary/aromatic N) is 2. The fraction of sp³-hybridized carbons (Fsp3) is 0.556. The van der Waals surface area contributed by atoms with Crippen LogP contribution in [0.1, 0.15) is 29.2 Å². The molecule has 2 heterocycles. The second-order valence-corrected chi connectivity index (χ2v) is 3.51. The zero-order valence-corrected chi connectivity index (χ0v) is 7.81. The van der Waals surface area contributed by atoms with Crippen LogP contribution in [0.3, 0.4) is 0 Å². The van der Waals surface area contributed by atoms with Crippen molar-refractivity contribution in [2.45, 2.75) is 18.9 Å². The van der Waals surface area contributed by atoms with Gasteiger partial charge in [0.25, 0.3) is 0 Å². The van der Waals surface area contributed by atoms with Gasteiger partial charge in [0.05, 0.1) is 17.8 Å². The van der Waals surface area contributed by atoms with Crippen LogP contribution < -0.4 is 5.32 Å². The highest BCUT2D eigenvalue weighted by Crippen LogP contribution is 2.15. The van der Waals surface area contributed by atoms with Crippen molar-refractivity contribution in [1.29, 1.82) is 0 Å². The number of carboxylic acid groups (broad SMARTS) is 1. The zero-order valence-electron chi connectivity index (χ0n) is 7.81. The Morgan fingerprint density at radius 2 is 2.57 bits per heavy atom. The van der Waals surface area contributed by atoms with Crippen molar-refractivity contribution < 1.29 is 9.90 Å². The molecule has 5 heteroatoms. The predicted molar refractivity (Wildman–Crippen MR) is 50.3 cm³/mol. The summed E-state index contributed by atoms with van der Waals surface area (Å²) in [4.78, 5) is 10.6. The quantitative estimate of drug-likeness (QED) is 0.721. The van der Waals surface area contributed by atoms with Gasteiger partial charge >= 0.3 is 5.97 Å². The second kappa shape index (κ2) is 3.79. The monoisotopic (exact) mass is 195 g/mol. The van der Waals surface area contributed by atoms with Gasteiger partial charge in [-0.05, 0) is 19.4 Å². The fourth-order valence-electron chi connectivity index (χ4n) is 1.71. The topological polar surface area (TPSA) is 67.1 Å². The standard InChI is InChI=1S/C9H13N3O2/c13-9(14)7-4-11-12(6-7)8-2-1-3-10-5-8/h4,6,8,10H,1-3,5H2,(H,13,14)/t8-/m1/s1. The van der Waals surface area contributed by atoms with Crippen molar-refractivity contribution in [3.63, 3.8) is 0 Å². The summed E-state index contributed by atoms with van der Waals surface area (Å²) in [6, 6.07) is 0.303. The molecule has 0 aromatic carbocycles. The Labute approximate surface area is 81.7 Å². The maximum Gasteiger partial charge on any atom is 0.338 e. The summed E-state index contributed by atoms with van der Waals surface area (Å²) in [5.41, 5.74) is 0.260. The van der Waals surface area contributed by atoms with Gasteiger partial charge in [-0.15, -0.1) is 0 Å². The minimum Gasteiger partial charge on any atom is -0.478 e. The summed E-state index contributed by atoms with van der Waals surface area (Å²) >= 11 is 0. The lowest BCUT2D eigenvalue weighted by atomic mass is 10.1. The molecule has 1 saturated heterocycles. The molecule has 0 bridgehead atoms. The van der Waals surface area contributed by atoms with E-state index in [2.05, 4.69) is 10.4 Å². The van der Waals surface area contributed by atoms with Gasteiger partial charge in [0.2, 0.25) is 0 Å². The molecule has 1 aromatic rings. The molecule has 0 unspecified atom stereocenters. The Kier molecular flexibility index (Phi) is 2.49. The average Bonchev–Trinajstić information content (AvgIpc) is 2.68. The van der Waals surface area contributed by atoms with Crippen LogP contribution in [-0.2, 0) is 0 Å². The molecule has 76 valence electrons. The third kappa shape index (κ3) is 1.77. The number of hydrogen-bond donors (Lipinski definition) is 2. The Hall–Kier alpha value is -1.36. The van der Waals surface area contributed by atoms with Crippen LogP contribution in [0, 0.1) is 0 Å². The molecule has 1 aromatic heterocycles. The number of aromatic nitrogens is 2. The first kappa shape index (κ1) is 9.21. The first-order chi connectivity index (χ1) is 6.77. The van der Waals surface area contributed by atoms with Crippen LogP contribution >= 0.6 is 0 Å². The van der Waals surface area contributed by atoms with E-state index in [1.54, 1.807) is 10.9 Å². The molecule has 0 amide bonds. The summed E-state index contributed by atoms with van der Waals surface area (Å²) in [6.07, 6.45) is 5.18. The van der Waals surface area contributed by atoms with Gasteiger partial charge in [-0.25, -0.2) is 4.79 Å². The van der Waals surface area contributed by atoms with Crippen molar-refractivity contribution >= 4 is 5.97 Å².